The summed E-state index contributed by atoms with van der Waals surface area (Å²) in [5, 5.41) is 4.98. The van der Waals surface area contributed by atoms with E-state index < -0.39 is 0 Å². The van der Waals surface area contributed by atoms with Crippen LogP contribution in [-0.2, 0) is 9.53 Å². The van der Waals surface area contributed by atoms with Crippen molar-refractivity contribution in [1.29, 1.82) is 0 Å². The molecule has 150 valence electrons. The minimum atomic E-state index is -0.309. The van der Waals surface area contributed by atoms with Crippen molar-refractivity contribution in [3.63, 3.8) is 0 Å². The summed E-state index contributed by atoms with van der Waals surface area (Å²) in [6.07, 6.45) is 3.34. The molecule has 2 aromatic rings. The first kappa shape index (κ1) is 20.1. The van der Waals surface area contributed by atoms with Crippen LogP contribution in [0.3, 0.4) is 0 Å². The summed E-state index contributed by atoms with van der Waals surface area (Å²) in [5.41, 5.74) is 0.385. The van der Waals surface area contributed by atoms with Gasteiger partial charge in [0.2, 0.25) is 5.91 Å². The number of nitrogens with zero attached hydrogens (tertiary/aromatic N) is 2. The van der Waals surface area contributed by atoms with Gasteiger partial charge in [-0.3, -0.25) is 9.59 Å². The number of hydrogen-bond donors (Lipinski definition) is 1. The first-order valence-corrected chi connectivity index (χ1v) is 9.80. The van der Waals surface area contributed by atoms with Crippen LogP contribution < -0.4 is 14.8 Å². The molecule has 0 aliphatic carbocycles. The second-order valence-electron chi connectivity index (χ2n) is 6.31. The zero-order valence-corrected chi connectivity index (χ0v) is 16.7. The normalized spacial score (nSPS) is 15.9. The zero-order chi connectivity index (χ0) is 19.9. The van der Waals surface area contributed by atoms with E-state index in [0.717, 1.165) is 12.8 Å². The molecule has 1 N–H and O–H groups in total. The fraction of sp³-hybridized carbons (Fsp3) is 0.421. The molecule has 1 aliphatic rings. The number of benzene rings is 1. The Bertz CT molecular complexity index is 784. The Labute approximate surface area is 167 Å². The molecule has 2 heterocycles. The van der Waals surface area contributed by atoms with Gasteiger partial charge in [-0.25, -0.2) is 4.98 Å². The fourth-order valence-corrected chi connectivity index (χ4v) is 3.53. The summed E-state index contributed by atoms with van der Waals surface area (Å²) in [7, 11) is 3.04. The maximum Gasteiger partial charge on any atom is 0.254 e. The van der Waals surface area contributed by atoms with Crippen molar-refractivity contribution >= 4 is 28.3 Å². The summed E-state index contributed by atoms with van der Waals surface area (Å²) < 4.78 is 16.2. The Hall–Kier alpha value is -2.65. The first-order valence-electron chi connectivity index (χ1n) is 8.92. The van der Waals surface area contributed by atoms with E-state index >= 15 is 0 Å². The second kappa shape index (κ2) is 9.52. The van der Waals surface area contributed by atoms with Crippen LogP contribution in [0.15, 0.2) is 29.8 Å². The highest BCUT2D eigenvalue weighted by molar-refractivity contribution is 7.13. The highest BCUT2D eigenvalue weighted by Gasteiger charge is 2.26. The molecule has 28 heavy (non-hydrogen) atoms. The Morgan fingerprint density at radius 2 is 2.04 bits per heavy atom. The van der Waals surface area contributed by atoms with Crippen LogP contribution in [0.4, 0.5) is 5.13 Å². The van der Waals surface area contributed by atoms with Crippen LogP contribution in [0.25, 0.3) is 0 Å². The van der Waals surface area contributed by atoms with Gasteiger partial charge in [-0.2, -0.15) is 0 Å². The van der Waals surface area contributed by atoms with Gasteiger partial charge in [-0.15, -0.1) is 11.3 Å². The molecule has 8 nitrogen and oxygen atoms in total. The van der Waals surface area contributed by atoms with Gasteiger partial charge >= 0.3 is 0 Å². The van der Waals surface area contributed by atoms with Crippen molar-refractivity contribution in [1.82, 2.24) is 9.88 Å². The Balaban J connectivity index is 1.78. The third-order valence-corrected chi connectivity index (χ3v) is 5.04. The molecule has 2 amide bonds. The molecule has 0 spiro atoms. The molecule has 1 fully saturated rings. The third-order valence-electron chi connectivity index (χ3n) is 4.35. The van der Waals surface area contributed by atoms with Crippen LogP contribution in [0.1, 0.15) is 23.2 Å². The van der Waals surface area contributed by atoms with E-state index in [1.807, 2.05) is 0 Å². The summed E-state index contributed by atoms with van der Waals surface area (Å²) >= 11 is 1.32. The number of anilines is 1. The molecular formula is C19H23N3O5S. The summed E-state index contributed by atoms with van der Waals surface area (Å²) in [6.45, 7) is 0.909. The number of aromatic nitrogens is 1. The molecule has 0 unspecified atom stereocenters. The lowest BCUT2D eigenvalue weighted by Gasteiger charge is -2.25. The minimum absolute atomic E-state index is 0.0795. The molecular weight excluding hydrogens is 382 g/mol. The van der Waals surface area contributed by atoms with Gasteiger partial charge < -0.3 is 24.4 Å². The van der Waals surface area contributed by atoms with E-state index in [1.165, 1.54) is 30.5 Å². The van der Waals surface area contributed by atoms with E-state index in [9.17, 15) is 9.59 Å². The van der Waals surface area contributed by atoms with E-state index in [0.29, 0.717) is 35.3 Å². The number of methoxy groups -OCH3 is 2. The second-order valence-corrected chi connectivity index (χ2v) is 7.20. The van der Waals surface area contributed by atoms with Crippen molar-refractivity contribution in [2.45, 2.75) is 18.9 Å². The molecule has 3 rings (SSSR count). The molecule has 1 aromatic heterocycles. The highest BCUT2D eigenvalue weighted by Crippen LogP contribution is 2.24. The molecule has 1 saturated heterocycles. The average Bonchev–Trinajstić information content (AvgIpc) is 3.40. The average molecular weight is 405 g/mol. The SMILES string of the molecule is COc1cc(OC)cc(C(=O)N(CC(=O)Nc2nccs2)C[C@H]2CCCO2)c1. The van der Waals surface area contributed by atoms with Gasteiger partial charge in [0.25, 0.3) is 5.91 Å². The van der Waals surface area contributed by atoms with Crippen LogP contribution in [0.5, 0.6) is 11.5 Å². The van der Waals surface area contributed by atoms with Crippen LogP contribution in [-0.4, -0.2) is 61.7 Å². The summed E-state index contributed by atoms with van der Waals surface area (Å²) in [6, 6.07) is 4.95. The quantitative estimate of drug-likeness (QED) is 0.725. The monoisotopic (exact) mass is 405 g/mol. The number of ether oxygens (including phenoxy) is 3. The molecule has 1 atom stereocenters. The van der Waals surface area contributed by atoms with Crippen molar-refractivity contribution in [3.8, 4) is 11.5 Å². The summed E-state index contributed by atoms with van der Waals surface area (Å²) in [4.78, 5) is 31.2. The van der Waals surface area contributed by atoms with Crippen molar-refractivity contribution in [2.75, 3.05) is 39.2 Å². The minimum Gasteiger partial charge on any atom is -0.497 e. The van der Waals surface area contributed by atoms with Gasteiger partial charge in [0.15, 0.2) is 5.13 Å². The van der Waals surface area contributed by atoms with Crippen molar-refractivity contribution in [3.05, 3.63) is 35.3 Å². The smallest absolute Gasteiger partial charge is 0.254 e. The third kappa shape index (κ3) is 5.20. The van der Waals surface area contributed by atoms with E-state index in [2.05, 4.69) is 10.3 Å². The fourth-order valence-electron chi connectivity index (χ4n) is 2.98. The van der Waals surface area contributed by atoms with Crippen LogP contribution in [0, 0.1) is 0 Å². The predicted molar refractivity (Wildman–Crippen MR) is 105 cm³/mol. The number of carbonyl (C=O) groups is 2. The summed E-state index contributed by atoms with van der Waals surface area (Å²) in [5.74, 6) is 0.414. The molecule has 0 radical (unpaired) electrons. The maximum atomic E-state index is 13.2. The molecule has 0 bridgehead atoms. The topological polar surface area (TPSA) is 90.0 Å². The van der Waals surface area contributed by atoms with Crippen LogP contribution >= 0.6 is 11.3 Å². The van der Waals surface area contributed by atoms with Crippen LogP contribution in [0.2, 0.25) is 0 Å². The van der Waals surface area contributed by atoms with Crippen molar-refractivity contribution < 1.29 is 23.8 Å². The van der Waals surface area contributed by atoms with E-state index in [1.54, 1.807) is 29.8 Å². The number of hydrogen-bond acceptors (Lipinski definition) is 7. The number of thiazole rings is 1. The lowest BCUT2D eigenvalue weighted by molar-refractivity contribution is -0.117. The Morgan fingerprint density at radius 1 is 1.29 bits per heavy atom. The molecule has 0 saturated carbocycles. The van der Waals surface area contributed by atoms with E-state index in [4.69, 9.17) is 14.2 Å². The van der Waals surface area contributed by atoms with Gasteiger partial charge in [-0.05, 0) is 25.0 Å². The maximum absolute atomic E-state index is 13.2. The number of rotatable bonds is 8. The molecule has 9 heteroatoms. The number of nitrogens with one attached hydrogen (secondary N) is 1. The number of carbonyl (C=O) groups excluding carboxylic acids is 2. The Kier molecular flexibility index (Phi) is 6.83. The zero-order valence-electron chi connectivity index (χ0n) is 15.8. The van der Waals surface area contributed by atoms with Gasteiger partial charge in [0.05, 0.1) is 20.3 Å². The standard InChI is InChI=1S/C19H23N3O5S/c1-25-15-8-13(9-16(10-15)26-2)18(24)22(11-14-4-3-6-27-14)12-17(23)21-19-20-5-7-28-19/h5,7-10,14H,3-4,6,11-12H2,1-2H3,(H,20,21,23)/t14-/m1/s1. The highest BCUT2D eigenvalue weighted by atomic mass is 32.1. The molecule has 1 aromatic carbocycles. The predicted octanol–water partition coefficient (Wildman–Crippen LogP) is 2.42. The first-order chi connectivity index (χ1) is 13.6. The number of amides is 2. The lowest BCUT2D eigenvalue weighted by atomic mass is 10.1. The van der Waals surface area contributed by atoms with Gasteiger partial charge in [0.1, 0.15) is 18.0 Å². The largest absolute Gasteiger partial charge is 0.497 e. The van der Waals surface area contributed by atoms with E-state index in [-0.39, 0.29) is 24.5 Å². The Morgan fingerprint density at radius 3 is 2.61 bits per heavy atom. The van der Waals surface area contributed by atoms with Crippen molar-refractivity contribution in [2.24, 2.45) is 0 Å². The van der Waals surface area contributed by atoms with Gasteiger partial charge in [-0.1, -0.05) is 0 Å². The lowest BCUT2D eigenvalue weighted by Crippen LogP contribution is -2.42. The molecule has 1 aliphatic heterocycles. The van der Waals surface area contributed by atoms with Gasteiger partial charge in [0, 0.05) is 36.4 Å².